The summed E-state index contributed by atoms with van der Waals surface area (Å²) in [5, 5.41) is 0. The second-order valence-corrected chi connectivity index (χ2v) is 6.85. The molecule has 0 spiro atoms. The van der Waals surface area contributed by atoms with Crippen molar-refractivity contribution < 1.29 is 27.1 Å². The highest BCUT2D eigenvalue weighted by Gasteiger charge is 2.36. The average molecular weight is 407 g/mol. The van der Waals surface area contributed by atoms with Crippen LogP contribution in [0.15, 0.2) is 48.5 Å². The first kappa shape index (κ1) is 19.4. The van der Waals surface area contributed by atoms with Crippen LogP contribution in [0.5, 0.6) is 0 Å². The monoisotopic (exact) mass is 407 g/mol. The lowest BCUT2D eigenvalue weighted by Crippen LogP contribution is -2.30. The molecule has 2 atom stereocenters. The maximum Gasteiger partial charge on any atom is 0.416 e. The van der Waals surface area contributed by atoms with Crippen LogP contribution < -0.4 is 0 Å². The number of nitrogens with zero attached hydrogens (tertiary/aromatic N) is 2. The fourth-order valence-corrected chi connectivity index (χ4v) is 3.31. The Morgan fingerprint density at radius 3 is 2.66 bits per heavy atom. The SMILES string of the molecule is O=C(c1ccccc1)N1CC(F)C(OCc2nc3ccc(C(F)(F)F)cc3[nH]2)C1. The molecule has 4 rings (SSSR count). The summed E-state index contributed by atoms with van der Waals surface area (Å²) in [5.74, 6) is 0.0159. The van der Waals surface area contributed by atoms with E-state index in [0.717, 1.165) is 12.1 Å². The largest absolute Gasteiger partial charge is 0.416 e. The Kier molecular flexibility index (Phi) is 4.99. The second kappa shape index (κ2) is 7.47. The Morgan fingerprint density at radius 2 is 1.93 bits per heavy atom. The highest BCUT2D eigenvalue weighted by Crippen LogP contribution is 2.31. The van der Waals surface area contributed by atoms with Crippen LogP contribution in [0.1, 0.15) is 21.7 Å². The molecule has 2 heterocycles. The van der Waals surface area contributed by atoms with Crippen molar-refractivity contribution in [2.75, 3.05) is 13.1 Å². The van der Waals surface area contributed by atoms with Gasteiger partial charge in [0.2, 0.25) is 0 Å². The molecular formula is C20H17F4N3O2. The minimum absolute atomic E-state index is 0.0759. The van der Waals surface area contributed by atoms with E-state index in [-0.39, 0.29) is 31.1 Å². The minimum atomic E-state index is -4.45. The molecule has 1 aliphatic heterocycles. The summed E-state index contributed by atoms with van der Waals surface area (Å²) in [4.78, 5) is 20.8. The molecule has 0 radical (unpaired) electrons. The van der Waals surface area contributed by atoms with Gasteiger partial charge in [-0.05, 0) is 30.3 Å². The van der Waals surface area contributed by atoms with E-state index in [4.69, 9.17) is 4.74 Å². The molecule has 1 aromatic heterocycles. The summed E-state index contributed by atoms with van der Waals surface area (Å²) in [6, 6.07) is 11.8. The van der Waals surface area contributed by atoms with Crippen molar-refractivity contribution in [2.45, 2.75) is 25.1 Å². The molecule has 1 amide bonds. The topological polar surface area (TPSA) is 58.2 Å². The molecule has 152 valence electrons. The first-order chi connectivity index (χ1) is 13.8. The molecule has 3 aromatic rings. The molecule has 0 aliphatic carbocycles. The van der Waals surface area contributed by atoms with Crippen molar-refractivity contribution >= 4 is 16.9 Å². The number of halogens is 4. The second-order valence-electron chi connectivity index (χ2n) is 6.85. The zero-order valence-electron chi connectivity index (χ0n) is 15.1. The van der Waals surface area contributed by atoms with Gasteiger partial charge in [-0.15, -0.1) is 0 Å². The number of fused-ring (bicyclic) bond motifs is 1. The van der Waals surface area contributed by atoms with Gasteiger partial charge in [0.05, 0.1) is 29.7 Å². The Labute approximate surface area is 163 Å². The fourth-order valence-electron chi connectivity index (χ4n) is 3.31. The van der Waals surface area contributed by atoms with Gasteiger partial charge in [-0.1, -0.05) is 18.2 Å². The van der Waals surface area contributed by atoms with Gasteiger partial charge in [0.1, 0.15) is 24.7 Å². The standard InChI is InChI=1S/C20H17F4N3O2/c21-14-9-27(19(28)12-4-2-1-3-5-12)10-17(14)29-11-18-25-15-7-6-13(20(22,23)24)8-16(15)26-18/h1-8,14,17H,9-11H2,(H,25,26). The Hall–Kier alpha value is -2.94. The zero-order chi connectivity index (χ0) is 20.6. The van der Waals surface area contributed by atoms with E-state index in [0.29, 0.717) is 16.9 Å². The number of hydrogen-bond acceptors (Lipinski definition) is 3. The summed E-state index contributed by atoms with van der Waals surface area (Å²) >= 11 is 0. The maximum atomic E-state index is 14.3. The fraction of sp³-hybridized carbons (Fsp3) is 0.300. The summed E-state index contributed by atoms with van der Waals surface area (Å²) in [5.41, 5.74) is 0.275. The minimum Gasteiger partial charge on any atom is -0.365 e. The van der Waals surface area contributed by atoms with Gasteiger partial charge in [-0.3, -0.25) is 4.79 Å². The Bertz CT molecular complexity index is 1020. The Balaban J connectivity index is 1.40. The van der Waals surface area contributed by atoms with Crippen LogP contribution in [0.3, 0.4) is 0 Å². The van der Waals surface area contributed by atoms with Gasteiger partial charge < -0.3 is 14.6 Å². The van der Waals surface area contributed by atoms with E-state index in [1.54, 1.807) is 30.3 Å². The molecule has 5 nitrogen and oxygen atoms in total. The van der Waals surface area contributed by atoms with E-state index < -0.39 is 24.0 Å². The van der Waals surface area contributed by atoms with Crippen LogP contribution in [-0.4, -0.2) is 46.1 Å². The van der Waals surface area contributed by atoms with E-state index in [2.05, 4.69) is 9.97 Å². The van der Waals surface area contributed by atoms with Crippen LogP contribution in [0, 0.1) is 0 Å². The normalized spacial score (nSPS) is 19.8. The number of carbonyl (C=O) groups is 1. The molecule has 9 heteroatoms. The predicted molar refractivity (Wildman–Crippen MR) is 96.9 cm³/mol. The number of carbonyl (C=O) groups excluding carboxylic acids is 1. The molecular weight excluding hydrogens is 390 g/mol. The molecule has 0 saturated carbocycles. The van der Waals surface area contributed by atoms with Crippen LogP contribution in [0.4, 0.5) is 17.6 Å². The number of rotatable bonds is 4. The van der Waals surface area contributed by atoms with Gasteiger partial charge in [-0.2, -0.15) is 13.2 Å². The lowest BCUT2D eigenvalue weighted by Gasteiger charge is -2.16. The number of amides is 1. The van der Waals surface area contributed by atoms with Crippen LogP contribution in [-0.2, 0) is 17.5 Å². The van der Waals surface area contributed by atoms with Crippen LogP contribution >= 0.6 is 0 Å². The lowest BCUT2D eigenvalue weighted by atomic mass is 10.2. The summed E-state index contributed by atoms with van der Waals surface area (Å²) in [6.45, 7) is -0.0880. The number of alkyl halides is 4. The predicted octanol–water partition coefficient (Wildman–Crippen LogP) is 3.96. The van der Waals surface area contributed by atoms with Gasteiger partial charge >= 0.3 is 6.18 Å². The van der Waals surface area contributed by atoms with Gasteiger partial charge in [0, 0.05) is 5.56 Å². The smallest absolute Gasteiger partial charge is 0.365 e. The van der Waals surface area contributed by atoms with Crippen molar-refractivity contribution in [3.63, 3.8) is 0 Å². The number of aromatic amines is 1. The number of aromatic nitrogens is 2. The van der Waals surface area contributed by atoms with Gasteiger partial charge in [0.15, 0.2) is 0 Å². The molecule has 0 bridgehead atoms. The zero-order valence-corrected chi connectivity index (χ0v) is 15.1. The quantitative estimate of drug-likeness (QED) is 0.666. The number of H-pyrrole nitrogens is 1. The first-order valence-electron chi connectivity index (χ1n) is 8.97. The third-order valence-electron chi connectivity index (χ3n) is 4.80. The number of likely N-dealkylation sites (tertiary alicyclic amines) is 1. The molecule has 2 unspecified atom stereocenters. The van der Waals surface area contributed by atoms with Crippen molar-refractivity contribution in [1.82, 2.24) is 14.9 Å². The number of benzene rings is 2. The van der Waals surface area contributed by atoms with E-state index in [1.807, 2.05) is 0 Å². The maximum absolute atomic E-state index is 14.3. The lowest BCUT2D eigenvalue weighted by molar-refractivity contribution is -0.137. The van der Waals surface area contributed by atoms with Crippen molar-refractivity contribution in [1.29, 1.82) is 0 Å². The first-order valence-corrected chi connectivity index (χ1v) is 8.97. The van der Waals surface area contributed by atoms with E-state index >= 15 is 0 Å². The van der Waals surface area contributed by atoms with Gasteiger partial charge in [-0.25, -0.2) is 9.37 Å². The summed E-state index contributed by atoms with van der Waals surface area (Å²) in [6.07, 6.45) is -6.64. The molecule has 1 N–H and O–H groups in total. The van der Waals surface area contributed by atoms with E-state index in [9.17, 15) is 22.4 Å². The summed E-state index contributed by atoms with van der Waals surface area (Å²) in [7, 11) is 0. The Morgan fingerprint density at radius 1 is 1.17 bits per heavy atom. The van der Waals surface area contributed by atoms with Crippen LogP contribution in [0.25, 0.3) is 11.0 Å². The third-order valence-corrected chi connectivity index (χ3v) is 4.80. The van der Waals surface area contributed by atoms with E-state index in [1.165, 1.54) is 11.0 Å². The number of nitrogens with one attached hydrogen (secondary N) is 1. The van der Waals surface area contributed by atoms with Crippen molar-refractivity contribution in [2.24, 2.45) is 0 Å². The molecule has 29 heavy (non-hydrogen) atoms. The van der Waals surface area contributed by atoms with Gasteiger partial charge in [0.25, 0.3) is 5.91 Å². The number of hydrogen-bond donors (Lipinski definition) is 1. The molecule has 1 fully saturated rings. The number of ether oxygens (including phenoxy) is 1. The highest BCUT2D eigenvalue weighted by atomic mass is 19.4. The molecule has 2 aromatic carbocycles. The highest BCUT2D eigenvalue weighted by molar-refractivity contribution is 5.94. The van der Waals surface area contributed by atoms with Crippen molar-refractivity contribution in [3.05, 3.63) is 65.5 Å². The molecule has 1 saturated heterocycles. The summed E-state index contributed by atoms with van der Waals surface area (Å²) < 4.78 is 58.3. The average Bonchev–Trinajstić information content (AvgIpc) is 3.28. The third kappa shape index (κ3) is 4.09. The number of imidazole rings is 1. The van der Waals surface area contributed by atoms with Crippen LogP contribution in [0.2, 0.25) is 0 Å². The molecule has 1 aliphatic rings. The van der Waals surface area contributed by atoms with Crippen molar-refractivity contribution in [3.8, 4) is 0 Å².